The van der Waals surface area contributed by atoms with Gasteiger partial charge in [-0.3, -0.25) is 0 Å². The van der Waals surface area contributed by atoms with Gasteiger partial charge in [0.1, 0.15) is 0 Å². The number of nitrogens with zero attached hydrogens (tertiary/aromatic N) is 1. The first-order valence-electron chi connectivity index (χ1n) is 5.16. The number of anilines is 1. The number of likely N-dealkylation sites (N-methyl/N-ethyl adjacent to an activating group) is 1. The van der Waals surface area contributed by atoms with Crippen molar-refractivity contribution in [2.75, 3.05) is 11.9 Å². The van der Waals surface area contributed by atoms with Crippen molar-refractivity contribution in [2.45, 2.75) is 25.3 Å². The van der Waals surface area contributed by atoms with Crippen LogP contribution in [0.2, 0.25) is 0 Å². The fourth-order valence-electron chi connectivity index (χ4n) is 1.85. The monoisotopic (exact) mass is 185 g/mol. The third kappa shape index (κ3) is 1.90. The SMILES string of the molecule is CN(c1c#cccc1)C1C=CCCC1. The molecular formula is C13H15N. The first-order chi connectivity index (χ1) is 6.88. The highest BCUT2D eigenvalue weighted by molar-refractivity contribution is 5.43. The average Bonchev–Trinajstić information content (AvgIpc) is 2.30. The normalized spacial score (nSPS) is 20.2. The number of allylic oxidation sites excluding steroid dienone is 1. The average molecular weight is 185 g/mol. The minimum Gasteiger partial charge on any atom is -0.361 e. The summed E-state index contributed by atoms with van der Waals surface area (Å²) in [7, 11) is 2.12. The topological polar surface area (TPSA) is 3.24 Å². The molecule has 0 radical (unpaired) electrons. The summed E-state index contributed by atoms with van der Waals surface area (Å²) in [5, 5.41) is 0. The van der Waals surface area contributed by atoms with Crippen molar-refractivity contribution in [3.05, 3.63) is 42.5 Å². The summed E-state index contributed by atoms with van der Waals surface area (Å²) in [6.45, 7) is 0. The maximum Gasteiger partial charge on any atom is 0.0885 e. The standard InChI is InChI=1S/C13H15N/c1-14(12-8-4-2-5-9-12)13-10-6-3-7-11-13/h2,4,6,8,10,13H,3,7,11H2,1H3. The highest BCUT2D eigenvalue weighted by Gasteiger charge is 2.13. The highest BCUT2D eigenvalue weighted by Crippen LogP contribution is 2.19. The summed E-state index contributed by atoms with van der Waals surface area (Å²) >= 11 is 0. The van der Waals surface area contributed by atoms with E-state index in [1.54, 1.807) is 0 Å². The zero-order chi connectivity index (χ0) is 9.80. The second-order valence-electron chi connectivity index (χ2n) is 3.72. The number of hydrogen-bond donors (Lipinski definition) is 0. The molecule has 1 atom stereocenters. The van der Waals surface area contributed by atoms with Gasteiger partial charge >= 0.3 is 0 Å². The van der Waals surface area contributed by atoms with Gasteiger partial charge in [0.05, 0.1) is 5.69 Å². The van der Waals surface area contributed by atoms with Crippen LogP contribution in [0.25, 0.3) is 0 Å². The second kappa shape index (κ2) is 4.19. The first-order valence-corrected chi connectivity index (χ1v) is 5.16. The van der Waals surface area contributed by atoms with E-state index in [-0.39, 0.29) is 0 Å². The summed E-state index contributed by atoms with van der Waals surface area (Å²) in [5.74, 6) is 0. The molecular weight excluding hydrogens is 170 g/mol. The predicted octanol–water partition coefficient (Wildman–Crippen LogP) is 2.83. The predicted molar refractivity (Wildman–Crippen MR) is 59.3 cm³/mol. The van der Waals surface area contributed by atoms with Crippen LogP contribution in [0, 0.1) is 12.1 Å². The van der Waals surface area contributed by atoms with Crippen LogP contribution in [0.3, 0.4) is 0 Å². The molecule has 1 unspecified atom stereocenters. The van der Waals surface area contributed by atoms with E-state index in [0.717, 1.165) is 5.69 Å². The zero-order valence-electron chi connectivity index (χ0n) is 8.53. The van der Waals surface area contributed by atoms with Crippen LogP contribution in [0.5, 0.6) is 0 Å². The van der Waals surface area contributed by atoms with Crippen molar-refractivity contribution in [1.29, 1.82) is 0 Å². The van der Waals surface area contributed by atoms with Crippen molar-refractivity contribution >= 4 is 5.69 Å². The van der Waals surface area contributed by atoms with Gasteiger partial charge in [-0.15, -0.1) is 0 Å². The van der Waals surface area contributed by atoms with Crippen LogP contribution in [0.15, 0.2) is 30.4 Å². The van der Waals surface area contributed by atoms with Gasteiger partial charge in [-0.05, 0) is 37.5 Å². The van der Waals surface area contributed by atoms with Gasteiger partial charge in [0, 0.05) is 13.1 Å². The van der Waals surface area contributed by atoms with Crippen molar-refractivity contribution in [3.8, 4) is 0 Å². The molecule has 0 heterocycles. The minimum absolute atomic E-state index is 0.538. The van der Waals surface area contributed by atoms with Crippen LogP contribution < -0.4 is 4.90 Å². The molecule has 1 aromatic rings. The molecule has 1 aliphatic rings. The maximum atomic E-state index is 3.13. The van der Waals surface area contributed by atoms with Gasteiger partial charge < -0.3 is 4.90 Å². The lowest BCUT2D eigenvalue weighted by atomic mass is 10.0. The van der Waals surface area contributed by atoms with E-state index in [9.17, 15) is 0 Å². The Morgan fingerprint density at radius 1 is 1.50 bits per heavy atom. The van der Waals surface area contributed by atoms with E-state index in [0.29, 0.717) is 6.04 Å². The van der Waals surface area contributed by atoms with Gasteiger partial charge in [-0.2, -0.15) is 0 Å². The molecule has 0 N–H and O–H groups in total. The van der Waals surface area contributed by atoms with Gasteiger partial charge in [-0.25, -0.2) is 0 Å². The van der Waals surface area contributed by atoms with Crippen molar-refractivity contribution in [1.82, 2.24) is 0 Å². The smallest absolute Gasteiger partial charge is 0.0885 e. The molecule has 0 aromatic heterocycles. The second-order valence-corrected chi connectivity index (χ2v) is 3.72. The van der Waals surface area contributed by atoms with E-state index in [1.807, 2.05) is 12.1 Å². The molecule has 0 bridgehead atoms. The Morgan fingerprint density at radius 3 is 3.07 bits per heavy atom. The molecule has 1 nitrogen and oxygen atoms in total. The van der Waals surface area contributed by atoms with Crippen LogP contribution in [-0.4, -0.2) is 13.1 Å². The van der Waals surface area contributed by atoms with Gasteiger partial charge in [0.25, 0.3) is 0 Å². The molecule has 14 heavy (non-hydrogen) atoms. The summed E-state index contributed by atoms with van der Waals surface area (Å²) in [6, 6.07) is 12.6. The molecule has 1 aromatic carbocycles. The molecule has 0 spiro atoms. The van der Waals surface area contributed by atoms with Crippen molar-refractivity contribution in [2.24, 2.45) is 0 Å². The Hall–Kier alpha value is -1.42. The fourth-order valence-corrected chi connectivity index (χ4v) is 1.85. The van der Waals surface area contributed by atoms with Gasteiger partial charge in [0.2, 0.25) is 0 Å². The van der Waals surface area contributed by atoms with Crippen molar-refractivity contribution < 1.29 is 0 Å². The first kappa shape index (κ1) is 9.15. The molecule has 0 amide bonds. The lowest BCUT2D eigenvalue weighted by Crippen LogP contribution is -2.30. The summed E-state index contributed by atoms with van der Waals surface area (Å²) < 4.78 is 0. The highest BCUT2D eigenvalue weighted by atomic mass is 15.1. The lowest BCUT2D eigenvalue weighted by molar-refractivity contribution is 0.617. The molecule has 0 fully saturated rings. The Kier molecular flexibility index (Phi) is 2.74. The largest absolute Gasteiger partial charge is 0.361 e. The maximum absolute atomic E-state index is 3.13. The van der Waals surface area contributed by atoms with E-state index in [2.05, 4.69) is 42.3 Å². The third-order valence-electron chi connectivity index (χ3n) is 2.74. The number of hydrogen-bond acceptors (Lipinski definition) is 1. The minimum atomic E-state index is 0.538. The summed E-state index contributed by atoms with van der Waals surface area (Å²) in [4.78, 5) is 2.27. The molecule has 1 aliphatic carbocycles. The van der Waals surface area contributed by atoms with Crippen LogP contribution in [-0.2, 0) is 0 Å². The Bertz CT molecular complexity index is 302. The molecule has 0 saturated heterocycles. The fraction of sp³-hybridized carbons (Fsp3) is 0.385. The molecule has 1 heteroatoms. The third-order valence-corrected chi connectivity index (χ3v) is 2.74. The van der Waals surface area contributed by atoms with E-state index in [1.165, 1.54) is 19.3 Å². The van der Waals surface area contributed by atoms with E-state index in [4.69, 9.17) is 0 Å². The van der Waals surface area contributed by atoms with Gasteiger partial charge in [-0.1, -0.05) is 24.3 Å². The van der Waals surface area contributed by atoms with Crippen molar-refractivity contribution in [3.63, 3.8) is 0 Å². The Labute approximate surface area is 86.1 Å². The van der Waals surface area contributed by atoms with E-state index >= 15 is 0 Å². The Balaban J connectivity index is 2.11. The Morgan fingerprint density at radius 2 is 2.43 bits per heavy atom. The van der Waals surface area contributed by atoms with Crippen LogP contribution in [0.1, 0.15) is 19.3 Å². The summed E-state index contributed by atoms with van der Waals surface area (Å²) in [6.07, 6.45) is 8.34. The molecule has 0 aliphatic heterocycles. The van der Waals surface area contributed by atoms with Gasteiger partial charge in [0.15, 0.2) is 0 Å². The molecule has 0 saturated carbocycles. The molecule has 2 rings (SSSR count). The zero-order valence-corrected chi connectivity index (χ0v) is 8.53. The number of rotatable bonds is 2. The van der Waals surface area contributed by atoms with E-state index < -0.39 is 0 Å². The lowest BCUT2D eigenvalue weighted by Gasteiger charge is -2.28. The summed E-state index contributed by atoms with van der Waals surface area (Å²) in [5.41, 5.74) is 1.13. The molecule has 72 valence electrons. The quantitative estimate of drug-likeness (QED) is 0.640. The van der Waals surface area contributed by atoms with Crippen LogP contribution >= 0.6 is 0 Å². The van der Waals surface area contributed by atoms with Crippen LogP contribution in [0.4, 0.5) is 5.69 Å².